The Morgan fingerprint density at radius 2 is 2.09 bits per heavy atom. The molecule has 0 rings (SSSR count). The lowest BCUT2D eigenvalue weighted by atomic mass is 10.1. The van der Waals surface area contributed by atoms with Crippen molar-refractivity contribution in [2.24, 2.45) is 0 Å². The first kappa shape index (κ1) is 11.0. The number of hydrogen-bond acceptors (Lipinski definition) is 3. The largest absolute Gasteiger partial charge is 0.311 e. The molecule has 0 saturated carbocycles. The van der Waals surface area contributed by atoms with E-state index in [0.717, 1.165) is 0 Å². The Hall–Kier alpha value is 0.0300. The molecule has 0 aliphatic heterocycles. The van der Waals surface area contributed by atoms with E-state index in [4.69, 9.17) is 0 Å². The van der Waals surface area contributed by atoms with Crippen molar-refractivity contribution >= 4 is 32.2 Å². The normalized spacial score (nSPS) is 12.6. The third kappa shape index (κ3) is 5.32. The monoisotopic (exact) mass is 269 g/mol. The smallest absolute Gasteiger partial charge is 0.192 e. The van der Waals surface area contributed by atoms with E-state index < -0.39 is 0 Å². The van der Waals surface area contributed by atoms with Crippen LogP contribution < -0.4 is 5.32 Å². The molecule has 11 heavy (non-hydrogen) atoms. The molecule has 1 atom stereocenters. The first-order valence-corrected chi connectivity index (χ1v) is 4.52. The molecule has 0 heterocycles. The second-order valence-corrected chi connectivity index (χ2v) is 3.55. The van der Waals surface area contributed by atoms with Gasteiger partial charge in [-0.05, 0) is 43.0 Å². The maximum absolute atomic E-state index is 10.8. The predicted molar refractivity (Wildman–Crippen MR) is 51.8 cm³/mol. The van der Waals surface area contributed by atoms with Crippen LogP contribution in [0.2, 0.25) is 0 Å². The molecule has 3 nitrogen and oxygen atoms in total. The van der Waals surface area contributed by atoms with E-state index in [9.17, 15) is 9.59 Å². The van der Waals surface area contributed by atoms with Crippen molar-refractivity contribution in [3.8, 4) is 0 Å². The lowest BCUT2D eigenvalue weighted by Gasteiger charge is -2.09. The van der Waals surface area contributed by atoms with Gasteiger partial charge in [0.15, 0.2) is 3.79 Å². The maximum atomic E-state index is 10.8. The molecule has 0 amide bonds. The zero-order chi connectivity index (χ0) is 8.85. The number of likely N-dealkylation sites (N-methyl/N-ethyl adjacent to an activating group) is 1. The van der Waals surface area contributed by atoms with Crippen molar-refractivity contribution < 1.29 is 9.59 Å². The number of halogens is 1. The molecule has 0 fully saturated rings. The Kier molecular flexibility index (Phi) is 5.67. The summed E-state index contributed by atoms with van der Waals surface area (Å²) >= 11 is 1.74. The number of ketones is 1. The van der Waals surface area contributed by atoms with Gasteiger partial charge in [-0.3, -0.25) is 9.59 Å². The zero-order valence-electron chi connectivity index (χ0n) is 6.69. The number of nitrogens with one attached hydrogen (secondary N) is 1. The Bertz CT molecular complexity index is 159. The standard InChI is InChI=1S/C7H12INO2/c1-5(10)6(9-2)3-4-7(8)11/h6,9H,3-4H2,1-2H3. The van der Waals surface area contributed by atoms with Gasteiger partial charge >= 0.3 is 0 Å². The van der Waals surface area contributed by atoms with Gasteiger partial charge < -0.3 is 5.32 Å². The van der Waals surface area contributed by atoms with E-state index >= 15 is 0 Å². The van der Waals surface area contributed by atoms with Gasteiger partial charge in [-0.15, -0.1) is 0 Å². The second kappa shape index (κ2) is 5.65. The van der Waals surface area contributed by atoms with Crippen LogP contribution in [0.1, 0.15) is 19.8 Å². The lowest BCUT2D eigenvalue weighted by Crippen LogP contribution is -2.32. The van der Waals surface area contributed by atoms with Crippen molar-refractivity contribution in [3.63, 3.8) is 0 Å². The topological polar surface area (TPSA) is 46.2 Å². The summed E-state index contributed by atoms with van der Waals surface area (Å²) in [6.07, 6.45) is 1.07. The van der Waals surface area contributed by atoms with Gasteiger partial charge in [0.2, 0.25) is 0 Å². The van der Waals surface area contributed by atoms with Crippen LogP contribution in [0, 0.1) is 0 Å². The number of hydrogen-bond donors (Lipinski definition) is 1. The van der Waals surface area contributed by atoms with Crippen LogP contribution in [-0.2, 0) is 9.59 Å². The van der Waals surface area contributed by atoms with Gasteiger partial charge in [0.1, 0.15) is 5.78 Å². The average Bonchev–Trinajstić information content (AvgIpc) is 1.87. The Morgan fingerprint density at radius 3 is 2.36 bits per heavy atom. The van der Waals surface area contributed by atoms with Crippen molar-refractivity contribution in [2.45, 2.75) is 25.8 Å². The number of Topliss-reactive ketones (excluding diaryl/α,β-unsaturated/α-hetero) is 1. The molecule has 4 heteroatoms. The number of rotatable bonds is 5. The minimum atomic E-state index is -0.159. The van der Waals surface area contributed by atoms with Crippen LogP contribution in [-0.4, -0.2) is 22.7 Å². The summed E-state index contributed by atoms with van der Waals surface area (Å²) in [5, 5.41) is 2.85. The minimum Gasteiger partial charge on any atom is -0.311 e. The number of carbonyl (C=O) groups is 2. The maximum Gasteiger partial charge on any atom is 0.192 e. The second-order valence-electron chi connectivity index (χ2n) is 2.35. The van der Waals surface area contributed by atoms with E-state index in [0.29, 0.717) is 12.8 Å². The molecule has 1 N–H and O–H groups in total. The highest BCUT2D eigenvalue weighted by atomic mass is 127. The predicted octanol–water partition coefficient (Wildman–Crippen LogP) is 0.905. The van der Waals surface area contributed by atoms with Crippen LogP contribution in [0.15, 0.2) is 0 Å². The summed E-state index contributed by atoms with van der Waals surface area (Å²) in [5.41, 5.74) is 0. The highest BCUT2D eigenvalue weighted by Crippen LogP contribution is 2.02. The van der Waals surface area contributed by atoms with Gasteiger partial charge in [0, 0.05) is 6.42 Å². The molecule has 0 aliphatic carbocycles. The van der Waals surface area contributed by atoms with Crippen LogP contribution >= 0.6 is 22.6 Å². The average molecular weight is 269 g/mol. The molecular weight excluding hydrogens is 257 g/mol. The van der Waals surface area contributed by atoms with Gasteiger partial charge in [-0.25, -0.2) is 0 Å². The minimum absolute atomic E-state index is 0.0881. The lowest BCUT2D eigenvalue weighted by molar-refractivity contribution is -0.119. The van der Waals surface area contributed by atoms with Crippen LogP contribution in [0.4, 0.5) is 0 Å². The van der Waals surface area contributed by atoms with Gasteiger partial charge in [-0.2, -0.15) is 0 Å². The Morgan fingerprint density at radius 1 is 1.55 bits per heavy atom. The zero-order valence-corrected chi connectivity index (χ0v) is 8.84. The molecular formula is C7H12INO2. The molecule has 0 aliphatic rings. The van der Waals surface area contributed by atoms with Crippen LogP contribution in [0.25, 0.3) is 0 Å². The summed E-state index contributed by atoms with van der Waals surface area (Å²) in [4.78, 5) is 21.3. The van der Waals surface area contributed by atoms with E-state index in [1.165, 1.54) is 6.92 Å². The summed E-state index contributed by atoms with van der Waals surface area (Å²) in [6.45, 7) is 1.53. The molecule has 0 radical (unpaired) electrons. The quantitative estimate of drug-likeness (QED) is 0.596. The van der Waals surface area contributed by atoms with Crippen molar-refractivity contribution in [2.75, 3.05) is 7.05 Å². The first-order chi connectivity index (χ1) is 5.07. The fourth-order valence-corrected chi connectivity index (χ4v) is 1.12. The highest BCUT2D eigenvalue weighted by molar-refractivity contribution is 14.1. The van der Waals surface area contributed by atoms with Crippen molar-refractivity contribution in [1.29, 1.82) is 0 Å². The fraction of sp³-hybridized carbons (Fsp3) is 0.714. The highest BCUT2D eigenvalue weighted by Gasteiger charge is 2.11. The molecule has 64 valence electrons. The summed E-state index contributed by atoms with van der Waals surface area (Å²) in [7, 11) is 1.73. The van der Waals surface area contributed by atoms with Gasteiger partial charge in [-0.1, -0.05) is 0 Å². The SMILES string of the molecule is CNC(CCC(=O)I)C(C)=O. The molecule has 0 aromatic rings. The Labute approximate surface area is 80.1 Å². The van der Waals surface area contributed by atoms with Crippen molar-refractivity contribution in [3.05, 3.63) is 0 Å². The Balaban J connectivity index is 3.70. The van der Waals surface area contributed by atoms with Crippen LogP contribution in [0.3, 0.4) is 0 Å². The summed E-state index contributed by atoms with van der Waals surface area (Å²) in [5.74, 6) is 0.0881. The molecule has 0 saturated heterocycles. The summed E-state index contributed by atoms with van der Waals surface area (Å²) < 4.78 is 0.101. The van der Waals surface area contributed by atoms with Gasteiger partial charge in [0.25, 0.3) is 0 Å². The summed E-state index contributed by atoms with van der Waals surface area (Å²) in [6, 6.07) is -0.159. The van der Waals surface area contributed by atoms with E-state index in [-0.39, 0.29) is 15.6 Å². The van der Waals surface area contributed by atoms with Crippen LogP contribution in [0.5, 0.6) is 0 Å². The molecule has 0 aromatic heterocycles. The molecule has 0 bridgehead atoms. The van der Waals surface area contributed by atoms with Crippen molar-refractivity contribution in [1.82, 2.24) is 5.32 Å². The van der Waals surface area contributed by atoms with E-state index in [2.05, 4.69) is 5.32 Å². The molecule has 0 spiro atoms. The fourth-order valence-electron chi connectivity index (χ4n) is 0.809. The van der Waals surface area contributed by atoms with Gasteiger partial charge in [0.05, 0.1) is 6.04 Å². The molecule has 1 unspecified atom stereocenters. The third-order valence-electron chi connectivity index (χ3n) is 1.47. The number of carbonyl (C=O) groups excluding carboxylic acids is 2. The van der Waals surface area contributed by atoms with E-state index in [1.54, 1.807) is 29.6 Å². The third-order valence-corrected chi connectivity index (χ3v) is 2.01. The van der Waals surface area contributed by atoms with E-state index in [1.807, 2.05) is 0 Å². The molecule has 0 aromatic carbocycles. The first-order valence-electron chi connectivity index (χ1n) is 3.44.